The molecule has 21 heavy (non-hydrogen) atoms. The molecule has 2 rings (SSSR count). The largest absolute Gasteiger partial charge is 0.504 e. The summed E-state index contributed by atoms with van der Waals surface area (Å²) in [6.07, 6.45) is 1.82. The van der Waals surface area contributed by atoms with Crippen LogP contribution in [-0.2, 0) is 4.79 Å². The van der Waals surface area contributed by atoms with Gasteiger partial charge in [0.15, 0.2) is 11.6 Å². The monoisotopic (exact) mass is 310 g/mol. The van der Waals surface area contributed by atoms with Gasteiger partial charge in [-0.25, -0.2) is 4.98 Å². The van der Waals surface area contributed by atoms with Crippen LogP contribution in [0.1, 0.15) is 20.3 Å². The van der Waals surface area contributed by atoms with E-state index in [1.807, 2.05) is 18.7 Å². The lowest BCUT2D eigenvalue weighted by Gasteiger charge is -2.11. The molecule has 2 atom stereocenters. The minimum absolute atomic E-state index is 0.0810. The molecule has 2 N–H and O–H groups in total. The predicted molar refractivity (Wildman–Crippen MR) is 81.0 cm³/mol. The number of nitrogens with zero attached hydrogens (tertiary/aromatic N) is 3. The molecule has 1 aliphatic rings. The van der Waals surface area contributed by atoms with Crippen molar-refractivity contribution in [3.63, 3.8) is 0 Å². The highest BCUT2D eigenvalue weighted by atomic mass is 35.5. The van der Waals surface area contributed by atoms with Crippen molar-refractivity contribution in [1.82, 2.24) is 9.88 Å². The number of halogens is 1. The van der Waals surface area contributed by atoms with Gasteiger partial charge in [-0.2, -0.15) is 5.26 Å². The Labute approximate surface area is 129 Å². The maximum Gasteiger partial charge on any atom is 0.230 e. The maximum atomic E-state index is 12.0. The van der Waals surface area contributed by atoms with E-state index >= 15 is 0 Å². The van der Waals surface area contributed by atoms with Crippen molar-refractivity contribution < 1.29 is 9.90 Å². The molecule has 114 valence electrons. The van der Waals surface area contributed by atoms with Crippen LogP contribution in [0.5, 0.6) is 5.75 Å². The van der Waals surface area contributed by atoms with Crippen molar-refractivity contribution in [3.8, 4) is 11.8 Å². The van der Waals surface area contributed by atoms with Gasteiger partial charge in [-0.05, 0) is 13.5 Å². The molecule has 1 aromatic heterocycles. The van der Waals surface area contributed by atoms with Crippen LogP contribution < -0.4 is 5.32 Å². The van der Waals surface area contributed by atoms with Crippen LogP contribution in [0.4, 0.5) is 5.82 Å². The Morgan fingerprint density at radius 3 is 2.81 bits per heavy atom. The molecule has 0 saturated carbocycles. The number of nitrogens with one attached hydrogen (secondary N) is 1. The second-order valence-electron chi connectivity index (χ2n) is 4.53. The van der Waals surface area contributed by atoms with E-state index in [9.17, 15) is 9.90 Å². The number of amides is 1. The summed E-state index contributed by atoms with van der Waals surface area (Å²) in [5.41, 5.74) is 0. The van der Waals surface area contributed by atoms with Gasteiger partial charge in [0.05, 0.1) is 23.1 Å². The van der Waals surface area contributed by atoms with Crippen molar-refractivity contribution in [2.24, 2.45) is 5.92 Å². The van der Waals surface area contributed by atoms with E-state index in [1.165, 1.54) is 12.3 Å². The number of anilines is 1. The molecule has 1 aliphatic heterocycles. The van der Waals surface area contributed by atoms with Crippen LogP contribution in [0, 0.1) is 17.2 Å². The third kappa shape index (κ3) is 4.31. The summed E-state index contributed by atoms with van der Waals surface area (Å²) in [7, 11) is 1.80. The average molecular weight is 311 g/mol. The zero-order valence-corrected chi connectivity index (χ0v) is 13.1. The Hall–Kier alpha value is -1.84. The molecule has 1 aromatic rings. The first kappa shape index (κ1) is 17.2. The standard InChI is InChI=1S/C12H13ClN4O2.C2H6/c1-17-6-7(2-9(17)4-14)12(19)16-11-10(18)3-8(13)5-15-11;1-2/h3,5,7,9,18H,2,6H2,1H3,(H,15,16,19);1-2H3. The number of aromatic nitrogens is 1. The van der Waals surface area contributed by atoms with Gasteiger partial charge in [-0.3, -0.25) is 9.69 Å². The molecule has 0 spiro atoms. The lowest BCUT2D eigenvalue weighted by atomic mass is 10.1. The lowest BCUT2D eigenvalue weighted by molar-refractivity contribution is -0.119. The first-order valence-corrected chi connectivity index (χ1v) is 7.14. The summed E-state index contributed by atoms with van der Waals surface area (Å²) in [4.78, 5) is 17.7. The van der Waals surface area contributed by atoms with Crippen molar-refractivity contribution in [2.75, 3.05) is 18.9 Å². The lowest BCUT2D eigenvalue weighted by Crippen LogP contribution is -2.26. The van der Waals surface area contributed by atoms with E-state index < -0.39 is 0 Å². The van der Waals surface area contributed by atoms with Crippen molar-refractivity contribution in [2.45, 2.75) is 26.3 Å². The summed E-state index contributed by atoms with van der Waals surface area (Å²) < 4.78 is 0. The summed E-state index contributed by atoms with van der Waals surface area (Å²) in [6, 6.07) is 3.21. The van der Waals surface area contributed by atoms with Crippen LogP contribution >= 0.6 is 11.6 Å². The van der Waals surface area contributed by atoms with Crippen LogP contribution in [0.25, 0.3) is 0 Å². The van der Waals surface area contributed by atoms with Crippen LogP contribution in [0.15, 0.2) is 12.3 Å². The van der Waals surface area contributed by atoms with Gasteiger partial charge in [0.1, 0.15) is 0 Å². The van der Waals surface area contributed by atoms with E-state index in [4.69, 9.17) is 16.9 Å². The fraction of sp³-hybridized carbons (Fsp3) is 0.500. The highest BCUT2D eigenvalue weighted by Crippen LogP contribution is 2.26. The van der Waals surface area contributed by atoms with Gasteiger partial charge in [-0.15, -0.1) is 0 Å². The van der Waals surface area contributed by atoms with Gasteiger partial charge in [0, 0.05) is 18.8 Å². The van der Waals surface area contributed by atoms with Crippen LogP contribution in [-0.4, -0.2) is 40.5 Å². The highest BCUT2D eigenvalue weighted by Gasteiger charge is 2.34. The highest BCUT2D eigenvalue weighted by molar-refractivity contribution is 6.30. The van der Waals surface area contributed by atoms with Gasteiger partial charge in [-0.1, -0.05) is 25.4 Å². The number of hydrogen-bond donors (Lipinski definition) is 2. The number of aromatic hydroxyl groups is 1. The summed E-state index contributed by atoms with van der Waals surface area (Å²) >= 11 is 5.66. The Balaban J connectivity index is 0.00000106. The Kier molecular flexibility index (Phi) is 6.40. The first-order valence-electron chi connectivity index (χ1n) is 6.76. The third-order valence-electron chi connectivity index (χ3n) is 3.14. The molecular weight excluding hydrogens is 292 g/mol. The topological polar surface area (TPSA) is 89.2 Å². The molecule has 6 nitrogen and oxygen atoms in total. The number of carbonyl (C=O) groups excluding carboxylic acids is 1. The quantitative estimate of drug-likeness (QED) is 0.874. The van der Waals surface area contributed by atoms with E-state index in [-0.39, 0.29) is 29.4 Å². The number of nitriles is 1. The minimum Gasteiger partial charge on any atom is -0.504 e. The number of pyridine rings is 1. The number of likely N-dealkylation sites (tertiary alicyclic amines) is 1. The third-order valence-corrected chi connectivity index (χ3v) is 3.35. The maximum absolute atomic E-state index is 12.0. The van der Waals surface area contributed by atoms with Gasteiger partial charge in [0.25, 0.3) is 0 Å². The number of rotatable bonds is 2. The van der Waals surface area contributed by atoms with E-state index in [0.29, 0.717) is 18.0 Å². The average Bonchev–Trinajstić information content (AvgIpc) is 2.85. The molecule has 0 radical (unpaired) electrons. The molecule has 1 saturated heterocycles. The van der Waals surface area contributed by atoms with Crippen LogP contribution in [0.2, 0.25) is 5.02 Å². The Morgan fingerprint density at radius 2 is 2.29 bits per heavy atom. The molecule has 0 aromatic carbocycles. The molecule has 2 unspecified atom stereocenters. The summed E-state index contributed by atoms with van der Waals surface area (Å²) in [5.74, 6) is -0.636. The fourth-order valence-corrected chi connectivity index (χ4v) is 2.24. The molecule has 2 heterocycles. The summed E-state index contributed by atoms with van der Waals surface area (Å²) in [5, 5.41) is 21.4. The number of hydrogen-bond acceptors (Lipinski definition) is 5. The SMILES string of the molecule is CC.CN1CC(C(=O)Nc2ncc(Cl)cc2O)CC1C#N. The second kappa shape index (κ2) is 7.81. The Bertz CT molecular complexity index is 544. The van der Waals surface area contributed by atoms with Crippen molar-refractivity contribution in [1.29, 1.82) is 5.26 Å². The predicted octanol–water partition coefficient (Wildman–Crippen LogP) is 2.25. The molecule has 0 aliphatic carbocycles. The molecular formula is C14H19ClN4O2. The summed E-state index contributed by atoms with van der Waals surface area (Å²) in [6.45, 7) is 4.51. The molecule has 1 fully saturated rings. The van der Waals surface area contributed by atoms with E-state index in [1.54, 1.807) is 7.05 Å². The van der Waals surface area contributed by atoms with Gasteiger partial charge in [0.2, 0.25) is 5.91 Å². The Morgan fingerprint density at radius 1 is 1.62 bits per heavy atom. The molecule has 1 amide bonds. The molecule has 0 bridgehead atoms. The zero-order chi connectivity index (χ0) is 16.0. The fourth-order valence-electron chi connectivity index (χ4n) is 2.08. The van der Waals surface area contributed by atoms with Crippen LogP contribution in [0.3, 0.4) is 0 Å². The van der Waals surface area contributed by atoms with Gasteiger partial charge >= 0.3 is 0 Å². The smallest absolute Gasteiger partial charge is 0.230 e. The molecule has 7 heteroatoms. The zero-order valence-electron chi connectivity index (χ0n) is 12.3. The first-order chi connectivity index (χ1) is 10.0. The minimum atomic E-state index is -0.286. The van der Waals surface area contributed by atoms with E-state index in [2.05, 4.69) is 16.4 Å². The second-order valence-corrected chi connectivity index (χ2v) is 4.96. The normalized spacial score (nSPS) is 21.1. The van der Waals surface area contributed by atoms with Gasteiger partial charge < -0.3 is 10.4 Å². The van der Waals surface area contributed by atoms with E-state index in [0.717, 1.165) is 0 Å². The number of carbonyl (C=O) groups is 1. The van der Waals surface area contributed by atoms with Crippen molar-refractivity contribution >= 4 is 23.3 Å². The van der Waals surface area contributed by atoms with Crippen molar-refractivity contribution in [3.05, 3.63) is 17.3 Å².